The Bertz CT molecular complexity index is 570. The van der Waals surface area contributed by atoms with Crippen molar-refractivity contribution in [3.63, 3.8) is 0 Å². The van der Waals surface area contributed by atoms with E-state index in [-0.39, 0.29) is 12.5 Å². The number of hydrogen-bond acceptors (Lipinski definition) is 2. The van der Waals surface area contributed by atoms with Crippen molar-refractivity contribution >= 4 is 23.2 Å². The van der Waals surface area contributed by atoms with Gasteiger partial charge >= 0.3 is 0 Å². The number of hydrogen-bond donors (Lipinski definition) is 0. The summed E-state index contributed by atoms with van der Waals surface area (Å²) < 4.78 is 32.4. The normalized spacial score (nSPS) is 10.5. The molecule has 2 rings (SSSR count). The molecular weight excluding hydrogens is 295 g/mol. The lowest BCUT2D eigenvalue weighted by Gasteiger charge is -2.10. The summed E-state index contributed by atoms with van der Waals surface area (Å²) >= 11 is 11.4. The van der Waals surface area contributed by atoms with Gasteiger partial charge in [0.15, 0.2) is 17.4 Å². The van der Waals surface area contributed by atoms with Gasteiger partial charge in [-0.05, 0) is 23.8 Å². The number of ether oxygens (including phenoxy) is 1. The molecule has 1 aromatic heterocycles. The van der Waals surface area contributed by atoms with E-state index in [0.717, 1.165) is 12.1 Å². The highest BCUT2D eigenvalue weighted by Gasteiger charge is 2.13. The van der Waals surface area contributed by atoms with E-state index in [9.17, 15) is 8.78 Å². The molecule has 0 unspecified atom stereocenters. The molecule has 6 heteroatoms. The Morgan fingerprint density at radius 3 is 2.47 bits per heavy atom. The van der Waals surface area contributed by atoms with Gasteiger partial charge in [-0.25, -0.2) is 8.78 Å². The summed E-state index contributed by atoms with van der Waals surface area (Å²) in [5, 5.41) is 0.376. The first kappa shape index (κ1) is 14.0. The Hall–Kier alpha value is -1.39. The Labute approximate surface area is 118 Å². The van der Waals surface area contributed by atoms with E-state index in [2.05, 4.69) is 4.98 Å². The lowest BCUT2D eigenvalue weighted by atomic mass is 10.2. The monoisotopic (exact) mass is 303 g/mol. The van der Waals surface area contributed by atoms with Crippen molar-refractivity contribution in [2.75, 3.05) is 0 Å². The number of pyridine rings is 1. The van der Waals surface area contributed by atoms with Crippen molar-refractivity contribution in [3.05, 3.63) is 58.4 Å². The average Bonchev–Trinajstić information content (AvgIpc) is 2.39. The largest absolute Gasteiger partial charge is 0.483 e. The van der Waals surface area contributed by atoms with E-state index in [1.807, 2.05) is 0 Å². The van der Waals surface area contributed by atoms with Crippen LogP contribution < -0.4 is 4.74 Å². The van der Waals surface area contributed by atoms with Crippen LogP contribution in [-0.2, 0) is 12.5 Å². The number of nitrogens with zero attached hydrogens (tertiary/aromatic N) is 1. The quantitative estimate of drug-likeness (QED) is 0.784. The highest BCUT2D eigenvalue weighted by molar-refractivity contribution is 6.31. The van der Waals surface area contributed by atoms with E-state index < -0.39 is 17.4 Å². The standard InChI is InChI=1S/C13H9Cl2F2NO/c14-5-8-3-11(16)13(12(17)4-8)19-7-9-1-2-18-6-10(9)15/h1-4,6H,5,7H2. The second-order valence-electron chi connectivity index (χ2n) is 3.78. The zero-order valence-electron chi connectivity index (χ0n) is 9.67. The molecule has 2 aromatic rings. The van der Waals surface area contributed by atoms with E-state index in [0.29, 0.717) is 16.1 Å². The third-order valence-electron chi connectivity index (χ3n) is 2.44. The zero-order chi connectivity index (χ0) is 13.8. The van der Waals surface area contributed by atoms with Gasteiger partial charge in [0.05, 0.1) is 5.02 Å². The highest BCUT2D eigenvalue weighted by Crippen LogP contribution is 2.26. The Morgan fingerprint density at radius 2 is 1.89 bits per heavy atom. The SMILES string of the molecule is Fc1cc(CCl)cc(F)c1OCc1ccncc1Cl. The van der Waals surface area contributed by atoms with Crippen LogP contribution in [0.4, 0.5) is 8.78 Å². The molecule has 0 aliphatic rings. The van der Waals surface area contributed by atoms with E-state index in [1.165, 1.54) is 12.4 Å². The van der Waals surface area contributed by atoms with E-state index in [1.54, 1.807) is 6.07 Å². The number of rotatable bonds is 4. The van der Waals surface area contributed by atoms with Crippen LogP contribution in [0, 0.1) is 11.6 Å². The third kappa shape index (κ3) is 3.33. The minimum Gasteiger partial charge on any atom is -0.483 e. The van der Waals surface area contributed by atoms with Crippen molar-refractivity contribution in [1.82, 2.24) is 4.98 Å². The molecule has 0 N–H and O–H groups in total. The fraction of sp³-hybridized carbons (Fsp3) is 0.154. The first-order valence-electron chi connectivity index (χ1n) is 5.37. The Kier molecular flexibility index (Phi) is 4.56. The van der Waals surface area contributed by atoms with Crippen LogP contribution in [0.5, 0.6) is 5.75 Å². The van der Waals surface area contributed by atoms with Gasteiger partial charge in [0.25, 0.3) is 0 Å². The van der Waals surface area contributed by atoms with Crippen molar-refractivity contribution in [1.29, 1.82) is 0 Å². The summed E-state index contributed by atoms with van der Waals surface area (Å²) in [5.74, 6) is -1.99. The van der Waals surface area contributed by atoms with Crippen molar-refractivity contribution < 1.29 is 13.5 Å². The predicted molar refractivity (Wildman–Crippen MR) is 69.5 cm³/mol. The lowest BCUT2D eigenvalue weighted by molar-refractivity contribution is 0.274. The zero-order valence-corrected chi connectivity index (χ0v) is 11.2. The van der Waals surface area contributed by atoms with Gasteiger partial charge in [-0.1, -0.05) is 11.6 Å². The van der Waals surface area contributed by atoms with Gasteiger partial charge in [0, 0.05) is 23.8 Å². The second-order valence-corrected chi connectivity index (χ2v) is 4.45. The summed E-state index contributed by atoms with van der Waals surface area (Å²) in [6.45, 7) is -0.0462. The van der Waals surface area contributed by atoms with Crippen LogP contribution in [0.2, 0.25) is 5.02 Å². The number of halogens is 4. The van der Waals surface area contributed by atoms with Gasteiger partial charge in [-0.2, -0.15) is 0 Å². The summed E-state index contributed by atoms with van der Waals surface area (Å²) in [4.78, 5) is 3.81. The molecule has 1 heterocycles. The smallest absolute Gasteiger partial charge is 0.191 e. The molecule has 0 bridgehead atoms. The fourth-order valence-electron chi connectivity index (χ4n) is 1.50. The van der Waals surface area contributed by atoms with E-state index in [4.69, 9.17) is 27.9 Å². The molecule has 0 saturated carbocycles. The summed E-state index contributed by atoms with van der Waals surface area (Å²) in [5.41, 5.74) is 0.947. The van der Waals surface area contributed by atoms with Crippen molar-refractivity contribution in [3.8, 4) is 5.75 Å². The topological polar surface area (TPSA) is 22.1 Å². The first-order valence-corrected chi connectivity index (χ1v) is 6.28. The fourth-order valence-corrected chi connectivity index (χ4v) is 1.83. The molecular formula is C13H9Cl2F2NO. The Morgan fingerprint density at radius 1 is 1.21 bits per heavy atom. The number of aromatic nitrogens is 1. The van der Waals surface area contributed by atoms with Crippen LogP contribution in [0.1, 0.15) is 11.1 Å². The summed E-state index contributed by atoms with van der Waals surface area (Å²) in [6, 6.07) is 3.89. The predicted octanol–water partition coefficient (Wildman–Crippen LogP) is 4.33. The maximum Gasteiger partial charge on any atom is 0.191 e. The maximum absolute atomic E-state index is 13.6. The van der Waals surface area contributed by atoms with Crippen LogP contribution >= 0.6 is 23.2 Å². The molecule has 0 spiro atoms. The molecule has 0 aliphatic carbocycles. The molecule has 0 radical (unpaired) electrons. The van der Waals surface area contributed by atoms with Gasteiger partial charge in [0.2, 0.25) is 0 Å². The van der Waals surface area contributed by atoms with Gasteiger partial charge in [0.1, 0.15) is 6.61 Å². The van der Waals surface area contributed by atoms with Gasteiger partial charge in [-0.3, -0.25) is 4.98 Å². The van der Waals surface area contributed by atoms with Crippen molar-refractivity contribution in [2.45, 2.75) is 12.5 Å². The molecule has 100 valence electrons. The molecule has 0 amide bonds. The maximum atomic E-state index is 13.6. The molecule has 0 aliphatic heterocycles. The van der Waals surface area contributed by atoms with Crippen LogP contribution in [0.15, 0.2) is 30.6 Å². The van der Waals surface area contributed by atoms with Gasteiger partial charge in [-0.15, -0.1) is 11.6 Å². The molecule has 0 saturated heterocycles. The van der Waals surface area contributed by atoms with E-state index >= 15 is 0 Å². The lowest BCUT2D eigenvalue weighted by Crippen LogP contribution is -2.01. The van der Waals surface area contributed by atoms with Crippen LogP contribution in [-0.4, -0.2) is 4.98 Å². The van der Waals surface area contributed by atoms with Crippen molar-refractivity contribution in [2.24, 2.45) is 0 Å². The molecule has 0 atom stereocenters. The van der Waals surface area contributed by atoms with Crippen LogP contribution in [0.25, 0.3) is 0 Å². The van der Waals surface area contributed by atoms with Crippen LogP contribution in [0.3, 0.4) is 0 Å². The third-order valence-corrected chi connectivity index (χ3v) is 3.09. The Balaban J connectivity index is 2.18. The minimum absolute atomic E-state index is 0.0320. The average molecular weight is 304 g/mol. The number of benzene rings is 1. The molecule has 0 fully saturated rings. The minimum atomic E-state index is -0.791. The first-order chi connectivity index (χ1) is 9.11. The number of alkyl halides is 1. The second kappa shape index (κ2) is 6.17. The molecule has 2 nitrogen and oxygen atoms in total. The van der Waals surface area contributed by atoms with Gasteiger partial charge < -0.3 is 4.74 Å². The summed E-state index contributed by atoms with van der Waals surface area (Å²) in [6.07, 6.45) is 2.96. The highest BCUT2D eigenvalue weighted by atomic mass is 35.5. The summed E-state index contributed by atoms with van der Waals surface area (Å²) in [7, 11) is 0. The molecule has 19 heavy (non-hydrogen) atoms. The molecule has 1 aromatic carbocycles.